The molecule has 23 heavy (non-hydrogen) atoms. The largest absolute Gasteiger partial charge is 0.396 e. The van der Waals surface area contributed by atoms with Gasteiger partial charge in [0.15, 0.2) is 0 Å². The van der Waals surface area contributed by atoms with E-state index >= 15 is 0 Å². The molecule has 0 amide bonds. The second kappa shape index (κ2) is 5.88. The monoisotopic (exact) mass is 320 g/mol. The van der Waals surface area contributed by atoms with Crippen LogP contribution in [0.15, 0.2) is 11.6 Å². The first kappa shape index (κ1) is 17.5. The smallest absolute Gasteiger partial charge is 0.0644 e. The third kappa shape index (κ3) is 2.52. The maximum Gasteiger partial charge on any atom is 0.0644 e. The predicted octanol–water partition coefficient (Wildman–Crippen LogP) is 4.56. The van der Waals surface area contributed by atoms with Crippen LogP contribution in [0.3, 0.4) is 0 Å². The van der Waals surface area contributed by atoms with Crippen molar-refractivity contribution in [1.82, 2.24) is 0 Å². The van der Waals surface area contributed by atoms with Crippen molar-refractivity contribution >= 4 is 0 Å². The molecular weight excluding hydrogens is 284 g/mol. The lowest BCUT2D eigenvalue weighted by atomic mass is 9.39. The molecule has 2 saturated carbocycles. The minimum atomic E-state index is 0.165. The van der Waals surface area contributed by atoms with Gasteiger partial charge in [0.1, 0.15) is 0 Å². The normalized spacial score (nSPS) is 45.8. The third-order valence-corrected chi connectivity index (χ3v) is 8.30. The van der Waals surface area contributed by atoms with Gasteiger partial charge >= 0.3 is 0 Å². The van der Waals surface area contributed by atoms with Gasteiger partial charge in [0, 0.05) is 6.61 Å². The Bertz CT molecular complexity index is 480. The Labute approximate surface area is 142 Å². The van der Waals surface area contributed by atoms with Gasteiger partial charge in [-0.15, -0.1) is 0 Å². The third-order valence-electron chi connectivity index (χ3n) is 8.30. The van der Waals surface area contributed by atoms with Crippen LogP contribution < -0.4 is 0 Å². The van der Waals surface area contributed by atoms with Crippen molar-refractivity contribution in [1.29, 1.82) is 0 Å². The summed E-state index contributed by atoms with van der Waals surface area (Å²) in [6, 6.07) is 0. The van der Waals surface area contributed by atoms with Gasteiger partial charge in [-0.25, -0.2) is 0 Å². The van der Waals surface area contributed by atoms with E-state index in [1.54, 1.807) is 0 Å². The van der Waals surface area contributed by atoms with Crippen molar-refractivity contribution in [3.05, 3.63) is 11.6 Å². The van der Waals surface area contributed by atoms with Crippen LogP contribution >= 0.6 is 0 Å². The van der Waals surface area contributed by atoms with Crippen molar-refractivity contribution in [3.63, 3.8) is 0 Å². The lowest BCUT2D eigenvalue weighted by Gasteiger charge is -2.65. The van der Waals surface area contributed by atoms with E-state index in [0.717, 1.165) is 18.8 Å². The fourth-order valence-corrected chi connectivity index (χ4v) is 7.30. The summed E-state index contributed by atoms with van der Waals surface area (Å²) >= 11 is 0. The molecule has 2 heteroatoms. The van der Waals surface area contributed by atoms with Gasteiger partial charge in [-0.2, -0.15) is 0 Å². The molecule has 2 nitrogen and oxygen atoms in total. The molecular formula is C21H36O2. The minimum Gasteiger partial charge on any atom is -0.396 e. The van der Waals surface area contributed by atoms with Gasteiger partial charge in [-0.3, -0.25) is 0 Å². The maximum absolute atomic E-state index is 9.82. The molecule has 2 N–H and O–H groups in total. The van der Waals surface area contributed by atoms with Gasteiger partial charge < -0.3 is 10.2 Å². The number of allylic oxidation sites excluding steroid dienone is 1. The Morgan fingerprint density at radius 3 is 2.39 bits per heavy atom. The van der Waals surface area contributed by atoms with Gasteiger partial charge in [-0.05, 0) is 78.1 Å². The average Bonchev–Trinajstić information content (AvgIpc) is 2.47. The van der Waals surface area contributed by atoms with Crippen molar-refractivity contribution in [2.75, 3.05) is 13.2 Å². The van der Waals surface area contributed by atoms with Gasteiger partial charge in [0.25, 0.3) is 0 Å². The summed E-state index contributed by atoms with van der Waals surface area (Å²) in [5, 5.41) is 19.4. The number of rotatable bonds is 3. The Hall–Kier alpha value is -0.340. The number of hydrogen-bond acceptors (Lipinski definition) is 2. The molecule has 0 aromatic carbocycles. The average molecular weight is 321 g/mol. The number of fused-ring (bicyclic) bond motifs is 3. The maximum atomic E-state index is 9.82. The molecule has 3 rings (SSSR count). The molecule has 132 valence electrons. The summed E-state index contributed by atoms with van der Waals surface area (Å²) in [4.78, 5) is 0. The second-order valence-corrected chi connectivity index (χ2v) is 9.74. The van der Waals surface area contributed by atoms with E-state index in [-0.39, 0.29) is 18.6 Å². The first-order chi connectivity index (χ1) is 10.8. The summed E-state index contributed by atoms with van der Waals surface area (Å²) in [7, 11) is 0. The highest BCUT2D eigenvalue weighted by atomic mass is 16.3. The van der Waals surface area contributed by atoms with E-state index in [0.29, 0.717) is 22.7 Å². The summed E-state index contributed by atoms with van der Waals surface area (Å²) in [6.07, 6.45) is 10.9. The summed E-state index contributed by atoms with van der Waals surface area (Å²) in [5.41, 5.74) is 2.31. The molecule has 0 bridgehead atoms. The van der Waals surface area contributed by atoms with Crippen molar-refractivity contribution < 1.29 is 10.2 Å². The highest BCUT2D eigenvalue weighted by molar-refractivity contribution is 5.22. The van der Waals surface area contributed by atoms with Crippen LogP contribution in [-0.4, -0.2) is 23.4 Å². The molecule has 0 spiro atoms. The quantitative estimate of drug-likeness (QED) is 0.749. The Kier molecular flexibility index (Phi) is 4.47. The highest BCUT2D eigenvalue weighted by Crippen LogP contribution is 2.68. The predicted molar refractivity (Wildman–Crippen MR) is 95.0 cm³/mol. The first-order valence-corrected chi connectivity index (χ1v) is 9.70. The zero-order chi connectivity index (χ0) is 16.9. The van der Waals surface area contributed by atoms with E-state index < -0.39 is 0 Å². The van der Waals surface area contributed by atoms with Crippen LogP contribution in [0, 0.1) is 34.0 Å². The standard InChI is InChI=1S/C21H36O2/c1-19(2)10-5-11-21(4)17(19)8-12-20(3)16(9-13-22)15(14-23)6-7-18(20)21/h6,16-18,22-23H,5,7-14H2,1-4H3/t16-,17+,18+,20+,21+/m1/s1. The fourth-order valence-electron chi connectivity index (χ4n) is 7.30. The Morgan fingerprint density at radius 2 is 1.74 bits per heavy atom. The van der Waals surface area contributed by atoms with Gasteiger partial charge in [0.05, 0.1) is 6.61 Å². The molecule has 0 unspecified atom stereocenters. The highest BCUT2D eigenvalue weighted by Gasteiger charge is 2.60. The SMILES string of the molecule is CC1(C)CCC[C@]2(C)[C@H]3CC=C(CO)[C@@H](CCO)[C@]3(C)CC[C@@H]12. The van der Waals surface area contributed by atoms with E-state index in [4.69, 9.17) is 0 Å². The zero-order valence-corrected chi connectivity index (χ0v) is 15.6. The number of hydrogen-bond donors (Lipinski definition) is 2. The van der Waals surface area contributed by atoms with E-state index in [1.807, 2.05) is 0 Å². The topological polar surface area (TPSA) is 40.5 Å². The molecule has 0 saturated heterocycles. The molecule has 0 aromatic heterocycles. The van der Waals surface area contributed by atoms with Crippen LogP contribution in [0.25, 0.3) is 0 Å². The Balaban J connectivity index is 2.01. The zero-order valence-electron chi connectivity index (χ0n) is 15.6. The van der Waals surface area contributed by atoms with Crippen molar-refractivity contribution in [3.8, 4) is 0 Å². The molecule has 0 radical (unpaired) electrons. The summed E-state index contributed by atoms with van der Waals surface area (Å²) in [5.74, 6) is 1.87. The first-order valence-electron chi connectivity index (χ1n) is 9.70. The molecule has 0 heterocycles. The van der Waals surface area contributed by atoms with Crippen molar-refractivity contribution in [2.24, 2.45) is 34.0 Å². The van der Waals surface area contributed by atoms with Crippen LogP contribution in [0.4, 0.5) is 0 Å². The molecule has 2 fully saturated rings. The van der Waals surface area contributed by atoms with E-state index in [9.17, 15) is 10.2 Å². The second-order valence-electron chi connectivity index (χ2n) is 9.74. The Morgan fingerprint density at radius 1 is 1.00 bits per heavy atom. The van der Waals surface area contributed by atoms with Gasteiger partial charge in [-0.1, -0.05) is 40.2 Å². The van der Waals surface area contributed by atoms with E-state index in [2.05, 4.69) is 33.8 Å². The van der Waals surface area contributed by atoms with Crippen LogP contribution in [-0.2, 0) is 0 Å². The van der Waals surface area contributed by atoms with Crippen LogP contribution in [0.5, 0.6) is 0 Å². The fraction of sp³-hybridized carbons (Fsp3) is 0.905. The minimum absolute atomic E-state index is 0.165. The van der Waals surface area contributed by atoms with Crippen LogP contribution in [0.2, 0.25) is 0 Å². The lowest BCUT2D eigenvalue weighted by Crippen LogP contribution is -2.58. The summed E-state index contributed by atoms with van der Waals surface area (Å²) < 4.78 is 0. The summed E-state index contributed by atoms with van der Waals surface area (Å²) in [6.45, 7) is 10.4. The number of aliphatic hydroxyl groups excluding tert-OH is 2. The lowest BCUT2D eigenvalue weighted by molar-refractivity contribution is -0.147. The number of aliphatic hydroxyl groups is 2. The molecule has 0 aliphatic heterocycles. The molecule has 0 aromatic rings. The van der Waals surface area contributed by atoms with Crippen LogP contribution in [0.1, 0.15) is 72.6 Å². The molecule has 3 aliphatic carbocycles. The van der Waals surface area contributed by atoms with Crippen molar-refractivity contribution in [2.45, 2.75) is 72.6 Å². The molecule has 5 atom stereocenters. The molecule has 3 aliphatic rings. The van der Waals surface area contributed by atoms with Gasteiger partial charge in [0.2, 0.25) is 0 Å². The van der Waals surface area contributed by atoms with E-state index in [1.165, 1.54) is 37.7 Å².